The van der Waals surface area contributed by atoms with E-state index in [4.69, 9.17) is 15.2 Å². The van der Waals surface area contributed by atoms with Crippen LogP contribution in [0.4, 0.5) is 5.13 Å². The Morgan fingerprint density at radius 2 is 2.00 bits per heavy atom. The number of benzene rings is 1. The molecule has 2 rings (SSSR count). The van der Waals surface area contributed by atoms with Crippen LogP contribution in [0.25, 0.3) is 11.3 Å². The lowest BCUT2D eigenvalue weighted by atomic mass is 9.87. The molecule has 1 amide bonds. The highest BCUT2D eigenvalue weighted by Gasteiger charge is 2.28. The Morgan fingerprint density at radius 1 is 1.29 bits per heavy atom. The first kappa shape index (κ1) is 18.2. The molecule has 0 saturated heterocycles. The van der Waals surface area contributed by atoms with E-state index in [1.54, 1.807) is 14.2 Å². The van der Waals surface area contributed by atoms with Crippen molar-refractivity contribution in [3.8, 4) is 22.8 Å². The number of ether oxygens (including phenoxy) is 2. The molecule has 7 heteroatoms. The van der Waals surface area contributed by atoms with Crippen molar-refractivity contribution in [2.24, 2.45) is 11.1 Å². The third-order valence-corrected chi connectivity index (χ3v) is 4.39. The van der Waals surface area contributed by atoms with Gasteiger partial charge in [-0.15, -0.1) is 11.3 Å². The van der Waals surface area contributed by atoms with Crippen molar-refractivity contribution in [3.05, 3.63) is 23.6 Å². The molecular weight excluding hydrogens is 326 g/mol. The van der Waals surface area contributed by atoms with E-state index < -0.39 is 6.04 Å². The molecule has 0 spiro atoms. The van der Waals surface area contributed by atoms with Gasteiger partial charge >= 0.3 is 0 Å². The number of hydrogen-bond acceptors (Lipinski definition) is 6. The van der Waals surface area contributed by atoms with E-state index in [9.17, 15) is 4.79 Å². The molecule has 3 N–H and O–H groups in total. The topological polar surface area (TPSA) is 86.5 Å². The number of hydrogen-bond donors (Lipinski definition) is 2. The number of carbonyl (C=O) groups excluding carboxylic acids is 1. The van der Waals surface area contributed by atoms with Crippen LogP contribution < -0.4 is 20.5 Å². The Labute approximate surface area is 146 Å². The summed E-state index contributed by atoms with van der Waals surface area (Å²) < 4.78 is 10.6. The fourth-order valence-electron chi connectivity index (χ4n) is 2.05. The zero-order valence-corrected chi connectivity index (χ0v) is 15.4. The fraction of sp³-hybridized carbons (Fsp3) is 0.412. The first-order chi connectivity index (χ1) is 11.3. The summed E-state index contributed by atoms with van der Waals surface area (Å²) in [5.41, 5.74) is 7.16. The van der Waals surface area contributed by atoms with Crippen molar-refractivity contribution < 1.29 is 14.3 Å². The number of nitrogens with zero attached hydrogens (tertiary/aromatic N) is 1. The summed E-state index contributed by atoms with van der Waals surface area (Å²) in [5, 5.41) is 5.13. The van der Waals surface area contributed by atoms with Gasteiger partial charge in [-0.1, -0.05) is 20.8 Å². The quantitative estimate of drug-likeness (QED) is 0.866. The second kappa shape index (κ2) is 7.19. The van der Waals surface area contributed by atoms with Crippen LogP contribution in [0.1, 0.15) is 20.8 Å². The molecule has 0 saturated carbocycles. The molecule has 0 aliphatic carbocycles. The molecular formula is C17H23N3O3S. The number of carbonyl (C=O) groups is 1. The van der Waals surface area contributed by atoms with Gasteiger partial charge in [0.2, 0.25) is 5.91 Å². The predicted octanol–water partition coefficient (Wildman–Crippen LogP) is 3.14. The van der Waals surface area contributed by atoms with Crippen LogP contribution in [0.3, 0.4) is 0 Å². The molecule has 130 valence electrons. The molecule has 1 atom stereocenters. The van der Waals surface area contributed by atoms with E-state index in [2.05, 4.69) is 10.3 Å². The maximum absolute atomic E-state index is 12.2. The molecule has 24 heavy (non-hydrogen) atoms. The highest BCUT2D eigenvalue weighted by atomic mass is 32.1. The van der Waals surface area contributed by atoms with Crippen molar-refractivity contribution in [2.45, 2.75) is 26.8 Å². The number of nitrogens with one attached hydrogen (secondary N) is 1. The minimum absolute atomic E-state index is 0.249. The van der Waals surface area contributed by atoms with E-state index >= 15 is 0 Å². The standard InChI is InChI=1S/C17H23N3O3S/c1-17(2,3)14(18)15(21)20-16-19-12(9-24-16)11-8-10(22-4)6-7-13(11)23-5/h6-9,14H,18H2,1-5H3,(H,19,20,21)/t14-/m1/s1. The summed E-state index contributed by atoms with van der Waals surface area (Å²) in [6.07, 6.45) is 0. The third kappa shape index (κ3) is 4.04. The molecule has 6 nitrogen and oxygen atoms in total. The smallest absolute Gasteiger partial charge is 0.243 e. The number of anilines is 1. The Bertz CT molecular complexity index is 722. The Kier molecular flexibility index (Phi) is 5.46. The second-order valence-corrected chi connectivity index (χ2v) is 7.30. The van der Waals surface area contributed by atoms with Gasteiger partial charge in [0.1, 0.15) is 11.5 Å². The summed E-state index contributed by atoms with van der Waals surface area (Å²) in [7, 11) is 3.20. The third-order valence-electron chi connectivity index (χ3n) is 3.63. The predicted molar refractivity (Wildman–Crippen MR) is 96.7 cm³/mol. The first-order valence-corrected chi connectivity index (χ1v) is 8.38. The molecule has 0 aliphatic heterocycles. The van der Waals surface area contributed by atoms with Crippen molar-refractivity contribution in [2.75, 3.05) is 19.5 Å². The van der Waals surface area contributed by atoms with E-state index in [1.807, 2.05) is 44.4 Å². The number of rotatable bonds is 5. The van der Waals surface area contributed by atoms with Crippen LogP contribution in [0.2, 0.25) is 0 Å². The molecule has 0 bridgehead atoms. The van der Waals surface area contributed by atoms with Crippen LogP contribution in [0.5, 0.6) is 11.5 Å². The van der Waals surface area contributed by atoms with E-state index in [0.717, 1.165) is 5.56 Å². The number of thiazole rings is 1. The van der Waals surface area contributed by atoms with Gasteiger partial charge in [0.05, 0.1) is 26.0 Å². The van der Waals surface area contributed by atoms with Gasteiger partial charge < -0.3 is 20.5 Å². The van der Waals surface area contributed by atoms with Crippen LogP contribution >= 0.6 is 11.3 Å². The average molecular weight is 349 g/mol. The van der Waals surface area contributed by atoms with Gasteiger partial charge in [-0.05, 0) is 23.6 Å². The van der Waals surface area contributed by atoms with Gasteiger partial charge in [-0.25, -0.2) is 4.98 Å². The molecule has 1 aromatic carbocycles. The molecule has 0 aliphatic rings. The van der Waals surface area contributed by atoms with Crippen molar-refractivity contribution in [1.82, 2.24) is 4.98 Å². The first-order valence-electron chi connectivity index (χ1n) is 7.50. The number of aromatic nitrogens is 1. The summed E-state index contributed by atoms with van der Waals surface area (Å²) in [6, 6.07) is 4.87. The highest BCUT2D eigenvalue weighted by Crippen LogP contribution is 2.35. The van der Waals surface area contributed by atoms with Gasteiger partial charge in [-0.2, -0.15) is 0 Å². The Hall–Kier alpha value is -2.12. The van der Waals surface area contributed by atoms with Gasteiger partial charge in [0, 0.05) is 10.9 Å². The minimum Gasteiger partial charge on any atom is -0.497 e. The Morgan fingerprint density at radius 3 is 2.58 bits per heavy atom. The number of methoxy groups -OCH3 is 2. The van der Waals surface area contributed by atoms with Crippen molar-refractivity contribution >= 4 is 22.4 Å². The molecule has 2 aromatic rings. The average Bonchev–Trinajstić information content (AvgIpc) is 3.00. The maximum atomic E-state index is 12.2. The Balaban J connectivity index is 2.24. The normalized spacial score (nSPS) is 12.6. The van der Waals surface area contributed by atoms with Gasteiger partial charge in [0.25, 0.3) is 0 Å². The van der Waals surface area contributed by atoms with Crippen LogP contribution in [0.15, 0.2) is 23.6 Å². The molecule has 0 fully saturated rings. The fourth-order valence-corrected chi connectivity index (χ4v) is 2.76. The summed E-state index contributed by atoms with van der Waals surface area (Å²) in [6.45, 7) is 5.77. The SMILES string of the molecule is COc1ccc(OC)c(-c2csc(NC(=O)[C@@H](N)C(C)(C)C)n2)c1. The van der Waals surface area contributed by atoms with Crippen LogP contribution in [-0.2, 0) is 4.79 Å². The zero-order chi connectivity index (χ0) is 17.9. The minimum atomic E-state index is -0.615. The molecule has 0 unspecified atom stereocenters. The monoisotopic (exact) mass is 349 g/mol. The summed E-state index contributed by atoms with van der Waals surface area (Å²) in [4.78, 5) is 16.7. The van der Waals surface area contributed by atoms with E-state index in [0.29, 0.717) is 22.3 Å². The molecule has 1 aromatic heterocycles. The molecule has 1 heterocycles. The van der Waals surface area contributed by atoms with Crippen LogP contribution in [0, 0.1) is 5.41 Å². The second-order valence-electron chi connectivity index (χ2n) is 6.44. The number of amides is 1. The van der Waals surface area contributed by atoms with Gasteiger partial charge in [-0.3, -0.25) is 4.79 Å². The lowest BCUT2D eigenvalue weighted by Gasteiger charge is -2.25. The summed E-state index contributed by atoms with van der Waals surface area (Å²) in [5.74, 6) is 1.14. The maximum Gasteiger partial charge on any atom is 0.243 e. The summed E-state index contributed by atoms with van der Waals surface area (Å²) >= 11 is 1.34. The van der Waals surface area contributed by atoms with E-state index in [1.165, 1.54) is 11.3 Å². The van der Waals surface area contributed by atoms with E-state index in [-0.39, 0.29) is 11.3 Å². The highest BCUT2D eigenvalue weighted by molar-refractivity contribution is 7.14. The van der Waals surface area contributed by atoms with Crippen molar-refractivity contribution in [3.63, 3.8) is 0 Å². The van der Waals surface area contributed by atoms with Crippen molar-refractivity contribution in [1.29, 1.82) is 0 Å². The van der Waals surface area contributed by atoms with Crippen LogP contribution in [-0.4, -0.2) is 31.2 Å². The van der Waals surface area contributed by atoms with Gasteiger partial charge in [0.15, 0.2) is 5.13 Å². The number of nitrogens with two attached hydrogens (primary N) is 1. The lowest BCUT2D eigenvalue weighted by molar-refractivity contribution is -0.119. The zero-order valence-electron chi connectivity index (χ0n) is 14.5. The molecule has 0 radical (unpaired) electrons. The lowest BCUT2D eigenvalue weighted by Crippen LogP contribution is -2.45. The largest absolute Gasteiger partial charge is 0.497 e.